The molecule has 3 nitrogen and oxygen atoms in total. The molecule has 3 heteroatoms. The van der Waals surface area contributed by atoms with Gasteiger partial charge in [0.15, 0.2) is 0 Å². The van der Waals surface area contributed by atoms with E-state index in [4.69, 9.17) is 0 Å². The Morgan fingerprint density at radius 3 is 3.25 bits per heavy atom. The largest absolute Gasteiger partial charge is 0.351 e. The van der Waals surface area contributed by atoms with Crippen LogP contribution in [0.1, 0.15) is 23.4 Å². The Kier molecular flexibility index (Phi) is 2.44. The number of aryl methyl sites for hydroxylation is 1. The monoisotopic (exact) mass is 213 g/mol. The summed E-state index contributed by atoms with van der Waals surface area (Å²) in [6.45, 7) is 0. The van der Waals surface area contributed by atoms with Crippen molar-refractivity contribution in [2.45, 2.75) is 25.7 Å². The molecule has 1 atom stereocenters. The summed E-state index contributed by atoms with van der Waals surface area (Å²) in [6, 6.07) is 4.24. The minimum atomic E-state index is 0.722. The molecule has 2 heterocycles. The first-order chi connectivity index (χ1) is 7.92. The van der Waals surface area contributed by atoms with Gasteiger partial charge in [0.2, 0.25) is 0 Å². The van der Waals surface area contributed by atoms with Gasteiger partial charge in [-0.25, -0.2) is 4.98 Å². The number of nitrogens with one attached hydrogen (secondary N) is 1. The topological polar surface area (TPSA) is 41.6 Å². The van der Waals surface area contributed by atoms with E-state index < -0.39 is 0 Å². The van der Waals surface area contributed by atoms with Crippen molar-refractivity contribution in [2.75, 3.05) is 0 Å². The highest BCUT2D eigenvalue weighted by Crippen LogP contribution is 2.25. The molecule has 2 aromatic heterocycles. The van der Waals surface area contributed by atoms with Crippen molar-refractivity contribution in [3.8, 4) is 0 Å². The van der Waals surface area contributed by atoms with Crippen LogP contribution >= 0.6 is 0 Å². The van der Waals surface area contributed by atoms with E-state index >= 15 is 0 Å². The van der Waals surface area contributed by atoms with Crippen molar-refractivity contribution in [3.05, 3.63) is 47.8 Å². The molecule has 0 radical (unpaired) electrons. The van der Waals surface area contributed by atoms with Gasteiger partial charge in [-0.15, -0.1) is 0 Å². The lowest BCUT2D eigenvalue weighted by Crippen LogP contribution is -2.17. The van der Waals surface area contributed by atoms with Crippen LogP contribution in [0, 0.1) is 5.92 Å². The molecule has 1 aliphatic rings. The molecule has 82 valence electrons. The second-order valence-electron chi connectivity index (χ2n) is 4.48. The number of rotatable bonds is 2. The molecule has 0 aromatic carbocycles. The van der Waals surface area contributed by atoms with Crippen LogP contribution in [0.3, 0.4) is 0 Å². The van der Waals surface area contributed by atoms with Crippen molar-refractivity contribution in [1.82, 2.24) is 15.0 Å². The summed E-state index contributed by atoms with van der Waals surface area (Å²) in [5.41, 5.74) is 3.90. The molecule has 0 aliphatic heterocycles. The Hall–Kier alpha value is -1.64. The van der Waals surface area contributed by atoms with Gasteiger partial charge in [-0.1, -0.05) is 6.07 Å². The number of pyridine rings is 1. The first-order valence-corrected chi connectivity index (χ1v) is 5.82. The quantitative estimate of drug-likeness (QED) is 0.830. The third kappa shape index (κ3) is 1.85. The zero-order chi connectivity index (χ0) is 10.8. The lowest BCUT2D eigenvalue weighted by molar-refractivity contribution is 0.447. The van der Waals surface area contributed by atoms with Crippen LogP contribution in [0.2, 0.25) is 0 Å². The van der Waals surface area contributed by atoms with E-state index in [0.717, 1.165) is 25.2 Å². The average molecular weight is 213 g/mol. The van der Waals surface area contributed by atoms with Crippen LogP contribution in [0.4, 0.5) is 0 Å². The minimum absolute atomic E-state index is 0.722. The van der Waals surface area contributed by atoms with Gasteiger partial charge in [0.05, 0.1) is 12.0 Å². The van der Waals surface area contributed by atoms with Crippen molar-refractivity contribution < 1.29 is 0 Å². The number of aromatic nitrogens is 3. The van der Waals surface area contributed by atoms with Crippen LogP contribution < -0.4 is 0 Å². The normalized spacial score (nSPS) is 19.4. The zero-order valence-corrected chi connectivity index (χ0v) is 9.19. The van der Waals surface area contributed by atoms with E-state index in [-0.39, 0.29) is 0 Å². The Bertz CT molecular complexity index is 462. The van der Waals surface area contributed by atoms with E-state index in [0.29, 0.717) is 0 Å². The molecule has 1 unspecified atom stereocenters. The summed E-state index contributed by atoms with van der Waals surface area (Å²) < 4.78 is 0. The molecule has 2 aromatic rings. The summed E-state index contributed by atoms with van der Waals surface area (Å²) in [5.74, 6) is 0.722. The Labute approximate surface area is 95.0 Å². The Morgan fingerprint density at radius 2 is 2.38 bits per heavy atom. The summed E-state index contributed by atoms with van der Waals surface area (Å²) in [6.07, 6.45) is 10.2. The lowest BCUT2D eigenvalue weighted by Gasteiger charge is -2.22. The second-order valence-corrected chi connectivity index (χ2v) is 4.48. The van der Waals surface area contributed by atoms with Gasteiger partial charge in [-0.05, 0) is 43.2 Å². The maximum absolute atomic E-state index is 4.43. The number of hydrogen-bond donors (Lipinski definition) is 1. The fourth-order valence-electron chi connectivity index (χ4n) is 2.51. The fourth-order valence-corrected chi connectivity index (χ4v) is 2.51. The molecule has 0 amide bonds. The second kappa shape index (κ2) is 4.08. The smallest absolute Gasteiger partial charge is 0.0923 e. The van der Waals surface area contributed by atoms with E-state index in [9.17, 15) is 0 Å². The SMILES string of the molecule is c1cnc2c(c1)CC(Cc1c[nH]cn1)CC2. The molecule has 0 fully saturated rings. The molecule has 0 saturated heterocycles. The van der Waals surface area contributed by atoms with Gasteiger partial charge in [0, 0.05) is 18.1 Å². The highest BCUT2D eigenvalue weighted by Gasteiger charge is 2.19. The van der Waals surface area contributed by atoms with Crippen LogP contribution in [0.15, 0.2) is 30.9 Å². The van der Waals surface area contributed by atoms with Gasteiger partial charge in [0.1, 0.15) is 0 Å². The molecular weight excluding hydrogens is 198 g/mol. The zero-order valence-electron chi connectivity index (χ0n) is 9.19. The Morgan fingerprint density at radius 1 is 1.38 bits per heavy atom. The molecule has 0 saturated carbocycles. The molecule has 16 heavy (non-hydrogen) atoms. The van der Waals surface area contributed by atoms with Gasteiger partial charge in [-0.2, -0.15) is 0 Å². The third-order valence-electron chi connectivity index (χ3n) is 3.34. The number of aromatic amines is 1. The highest BCUT2D eigenvalue weighted by atomic mass is 14.9. The molecular formula is C13H15N3. The standard InChI is InChI=1S/C13H15N3/c1-2-11-6-10(3-4-13(11)15-5-1)7-12-8-14-9-16-12/h1-2,5,8-10H,3-4,6-7H2,(H,14,16). The predicted octanol–water partition coefficient (Wildman–Crippen LogP) is 2.15. The average Bonchev–Trinajstić information content (AvgIpc) is 2.82. The fraction of sp³-hybridized carbons (Fsp3) is 0.385. The number of imidazole rings is 1. The summed E-state index contributed by atoms with van der Waals surface area (Å²) in [4.78, 5) is 11.7. The van der Waals surface area contributed by atoms with Gasteiger partial charge in [-0.3, -0.25) is 4.98 Å². The molecule has 0 spiro atoms. The lowest BCUT2D eigenvalue weighted by atomic mass is 9.84. The van der Waals surface area contributed by atoms with Crippen molar-refractivity contribution in [1.29, 1.82) is 0 Å². The van der Waals surface area contributed by atoms with Gasteiger partial charge < -0.3 is 4.98 Å². The summed E-state index contributed by atoms with van der Waals surface area (Å²) >= 11 is 0. The van der Waals surface area contributed by atoms with Crippen LogP contribution in [0.5, 0.6) is 0 Å². The minimum Gasteiger partial charge on any atom is -0.351 e. The van der Waals surface area contributed by atoms with Crippen molar-refractivity contribution in [3.63, 3.8) is 0 Å². The number of fused-ring (bicyclic) bond motifs is 1. The number of nitrogens with zero attached hydrogens (tertiary/aromatic N) is 2. The maximum Gasteiger partial charge on any atom is 0.0923 e. The van der Waals surface area contributed by atoms with Crippen LogP contribution in [-0.4, -0.2) is 15.0 Å². The molecule has 3 rings (SSSR count). The third-order valence-corrected chi connectivity index (χ3v) is 3.34. The summed E-state index contributed by atoms with van der Waals surface area (Å²) in [7, 11) is 0. The first-order valence-electron chi connectivity index (χ1n) is 5.82. The Balaban J connectivity index is 1.73. The number of H-pyrrole nitrogens is 1. The molecule has 1 aliphatic carbocycles. The van der Waals surface area contributed by atoms with Crippen LogP contribution in [0.25, 0.3) is 0 Å². The summed E-state index contributed by atoms with van der Waals surface area (Å²) in [5, 5.41) is 0. The first kappa shape index (κ1) is 9.58. The van der Waals surface area contributed by atoms with Crippen LogP contribution in [-0.2, 0) is 19.3 Å². The van der Waals surface area contributed by atoms with E-state index in [1.807, 2.05) is 18.5 Å². The van der Waals surface area contributed by atoms with E-state index in [1.165, 1.54) is 23.4 Å². The highest BCUT2D eigenvalue weighted by molar-refractivity contribution is 5.23. The predicted molar refractivity (Wildman–Crippen MR) is 62.0 cm³/mol. The van der Waals surface area contributed by atoms with E-state index in [2.05, 4.69) is 21.0 Å². The van der Waals surface area contributed by atoms with Crippen molar-refractivity contribution in [2.24, 2.45) is 5.92 Å². The van der Waals surface area contributed by atoms with Gasteiger partial charge >= 0.3 is 0 Å². The molecule has 0 bridgehead atoms. The number of hydrogen-bond acceptors (Lipinski definition) is 2. The van der Waals surface area contributed by atoms with E-state index in [1.54, 1.807) is 6.33 Å². The van der Waals surface area contributed by atoms with Gasteiger partial charge in [0.25, 0.3) is 0 Å². The maximum atomic E-state index is 4.43. The molecule has 1 N–H and O–H groups in total. The van der Waals surface area contributed by atoms with Crippen molar-refractivity contribution >= 4 is 0 Å².